The topological polar surface area (TPSA) is 76.3 Å². The summed E-state index contributed by atoms with van der Waals surface area (Å²) in [7, 11) is 2.02. The molecule has 1 saturated carbocycles. The van der Waals surface area contributed by atoms with E-state index in [1.165, 1.54) is 12.8 Å². The van der Waals surface area contributed by atoms with Crippen LogP contribution in [0.5, 0.6) is 0 Å². The Morgan fingerprint density at radius 1 is 1.50 bits per heavy atom. The average Bonchev–Trinajstić information content (AvgIpc) is 3.17. The van der Waals surface area contributed by atoms with Gasteiger partial charge in [-0.05, 0) is 30.2 Å². The molecule has 0 saturated heterocycles. The van der Waals surface area contributed by atoms with Crippen LogP contribution in [0.15, 0.2) is 11.4 Å². The fourth-order valence-electron chi connectivity index (χ4n) is 2.01. The Morgan fingerprint density at radius 3 is 3.10 bits per heavy atom. The van der Waals surface area contributed by atoms with Crippen LogP contribution >= 0.6 is 11.3 Å². The van der Waals surface area contributed by atoms with Gasteiger partial charge in [-0.25, -0.2) is 10.8 Å². The molecule has 0 spiro atoms. The molecule has 3 rings (SSSR count). The Labute approximate surface area is 121 Å². The quantitative estimate of drug-likeness (QED) is 0.461. The molecule has 108 valence electrons. The largest absolute Gasteiger partial charge is 0.379 e. The van der Waals surface area contributed by atoms with Crippen LogP contribution in [0.1, 0.15) is 12.8 Å². The number of hydrogen-bond acceptors (Lipinski definition) is 7. The summed E-state index contributed by atoms with van der Waals surface area (Å²) in [6.07, 6.45) is 2.65. The smallest absolute Gasteiger partial charge is 0.239 e. The molecule has 20 heavy (non-hydrogen) atoms. The first-order chi connectivity index (χ1) is 9.78. The first-order valence-electron chi connectivity index (χ1n) is 6.78. The van der Waals surface area contributed by atoms with Gasteiger partial charge >= 0.3 is 0 Å². The van der Waals surface area contributed by atoms with E-state index in [4.69, 9.17) is 10.6 Å². The second-order valence-corrected chi connectivity index (χ2v) is 6.01. The number of nitrogen functional groups attached to an aromatic ring is 1. The Balaban J connectivity index is 1.68. The van der Waals surface area contributed by atoms with Crippen LogP contribution in [0.2, 0.25) is 0 Å². The van der Waals surface area contributed by atoms with Crippen molar-refractivity contribution in [1.82, 2.24) is 9.97 Å². The van der Waals surface area contributed by atoms with Crippen molar-refractivity contribution in [1.29, 1.82) is 0 Å². The fraction of sp³-hybridized carbons (Fsp3) is 0.538. The first-order valence-corrected chi connectivity index (χ1v) is 7.66. The predicted molar refractivity (Wildman–Crippen MR) is 82.0 cm³/mol. The van der Waals surface area contributed by atoms with Crippen LogP contribution in [-0.2, 0) is 4.74 Å². The molecule has 1 fully saturated rings. The van der Waals surface area contributed by atoms with Gasteiger partial charge in [0.1, 0.15) is 0 Å². The Hall–Kier alpha value is -1.44. The van der Waals surface area contributed by atoms with Gasteiger partial charge in [0.25, 0.3) is 0 Å². The molecule has 0 unspecified atom stereocenters. The monoisotopic (exact) mass is 293 g/mol. The van der Waals surface area contributed by atoms with Crippen molar-refractivity contribution < 1.29 is 4.74 Å². The molecule has 0 aromatic carbocycles. The number of hydrazine groups is 1. The van der Waals surface area contributed by atoms with Crippen molar-refractivity contribution in [3.05, 3.63) is 11.4 Å². The van der Waals surface area contributed by atoms with Crippen molar-refractivity contribution in [2.75, 3.05) is 37.1 Å². The standard InChI is InChI=1S/C13H19N5OS/c1-18(5-6-19-8-9-2-3-9)12-11-10(4-7-20-11)15-13(16-12)17-14/h4,7,9H,2-3,5-6,8,14H2,1H3,(H,15,16,17). The molecule has 0 atom stereocenters. The summed E-state index contributed by atoms with van der Waals surface area (Å²) >= 11 is 1.64. The molecule has 6 nitrogen and oxygen atoms in total. The van der Waals surface area contributed by atoms with E-state index >= 15 is 0 Å². The number of rotatable bonds is 7. The van der Waals surface area contributed by atoms with E-state index in [2.05, 4.69) is 20.3 Å². The maximum Gasteiger partial charge on any atom is 0.239 e. The van der Waals surface area contributed by atoms with Crippen molar-refractivity contribution in [3.8, 4) is 0 Å². The van der Waals surface area contributed by atoms with Crippen molar-refractivity contribution >= 4 is 33.3 Å². The Bertz CT molecular complexity index is 583. The van der Waals surface area contributed by atoms with Crippen molar-refractivity contribution in [3.63, 3.8) is 0 Å². The molecular weight excluding hydrogens is 274 g/mol. The summed E-state index contributed by atoms with van der Waals surface area (Å²) < 4.78 is 6.76. The summed E-state index contributed by atoms with van der Waals surface area (Å²) in [5.41, 5.74) is 3.43. The molecule has 3 N–H and O–H groups in total. The number of hydrogen-bond donors (Lipinski definition) is 2. The highest BCUT2D eigenvalue weighted by Crippen LogP contribution is 2.30. The molecule has 1 aliphatic carbocycles. The number of ether oxygens (including phenoxy) is 1. The van der Waals surface area contributed by atoms with Crippen LogP contribution in [0.25, 0.3) is 10.2 Å². The van der Waals surface area contributed by atoms with Crippen LogP contribution in [0.4, 0.5) is 11.8 Å². The lowest BCUT2D eigenvalue weighted by molar-refractivity contribution is 0.131. The third kappa shape index (κ3) is 3.00. The number of nitrogens with two attached hydrogens (primary N) is 1. The molecule has 0 aliphatic heterocycles. The highest BCUT2D eigenvalue weighted by molar-refractivity contribution is 7.17. The maximum atomic E-state index is 5.68. The third-order valence-corrected chi connectivity index (χ3v) is 4.30. The number of nitrogens with zero attached hydrogens (tertiary/aromatic N) is 3. The summed E-state index contributed by atoms with van der Waals surface area (Å²) in [5.74, 6) is 7.57. The van der Waals surface area contributed by atoms with Gasteiger partial charge in [0, 0.05) is 20.2 Å². The molecular formula is C13H19N5OS. The van der Waals surface area contributed by atoms with Crippen molar-refractivity contribution in [2.45, 2.75) is 12.8 Å². The summed E-state index contributed by atoms with van der Waals surface area (Å²) in [5, 5.41) is 2.01. The number of nitrogens with one attached hydrogen (secondary N) is 1. The minimum atomic E-state index is 0.441. The first kappa shape index (κ1) is 13.5. The fourth-order valence-corrected chi connectivity index (χ4v) is 2.89. The lowest BCUT2D eigenvalue weighted by Crippen LogP contribution is -2.25. The highest BCUT2D eigenvalue weighted by Gasteiger charge is 2.21. The van der Waals surface area contributed by atoms with E-state index in [1.807, 2.05) is 18.5 Å². The highest BCUT2D eigenvalue weighted by atomic mass is 32.1. The number of anilines is 2. The zero-order chi connectivity index (χ0) is 13.9. The minimum Gasteiger partial charge on any atom is -0.379 e. The molecule has 0 radical (unpaired) electrons. The predicted octanol–water partition coefficient (Wildman–Crippen LogP) is 1.84. The van der Waals surface area contributed by atoms with Gasteiger partial charge in [-0.1, -0.05) is 0 Å². The lowest BCUT2D eigenvalue weighted by atomic mass is 10.4. The molecule has 2 heterocycles. The van der Waals surface area contributed by atoms with E-state index in [1.54, 1.807) is 11.3 Å². The second-order valence-electron chi connectivity index (χ2n) is 5.09. The van der Waals surface area contributed by atoms with Gasteiger partial charge < -0.3 is 9.64 Å². The average molecular weight is 293 g/mol. The maximum absolute atomic E-state index is 5.68. The normalized spacial score (nSPS) is 14.7. The van der Waals surface area contributed by atoms with Gasteiger partial charge in [0.05, 0.1) is 16.8 Å². The number of aromatic nitrogens is 2. The summed E-state index contributed by atoms with van der Waals surface area (Å²) in [6, 6.07) is 1.98. The Kier molecular flexibility index (Phi) is 4.00. The zero-order valence-electron chi connectivity index (χ0n) is 11.5. The van der Waals surface area contributed by atoms with Gasteiger partial charge in [-0.3, -0.25) is 5.43 Å². The van der Waals surface area contributed by atoms with E-state index < -0.39 is 0 Å². The van der Waals surface area contributed by atoms with Gasteiger partial charge in [-0.2, -0.15) is 4.98 Å². The number of thiophene rings is 1. The molecule has 0 bridgehead atoms. The van der Waals surface area contributed by atoms with Crippen LogP contribution in [-0.4, -0.2) is 36.8 Å². The van der Waals surface area contributed by atoms with E-state index in [-0.39, 0.29) is 0 Å². The molecule has 7 heteroatoms. The molecule has 0 amide bonds. The SMILES string of the molecule is CN(CCOCC1CC1)c1nc(NN)nc2ccsc12. The zero-order valence-corrected chi connectivity index (χ0v) is 12.3. The van der Waals surface area contributed by atoms with E-state index in [0.29, 0.717) is 5.95 Å². The van der Waals surface area contributed by atoms with Gasteiger partial charge in [0.15, 0.2) is 5.82 Å². The van der Waals surface area contributed by atoms with Gasteiger partial charge in [0.2, 0.25) is 5.95 Å². The van der Waals surface area contributed by atoms with E-state index in [9.17, 15) is 0 Å². The molecule has 2 aromatic rings. The van der Waals surface area contributed by atoms with Crippen molar-refractivity contribution in [2.24, 2.45) is 11.8 Å². The summed E-state index contributed by atoms with van der Waals surface area (Å²) in [6.45, 7) is 2.41. The minimum absolute atomic E-state index is 0.441. The van der Waals surface area contributed by atoms with Crippen LogP contribution < -0.4 is 16.2 Å². The van der Waals surface area contributed by atoms with Crippen LogP contribution in [0.3, 0.4) is 0 Å². The van der Waals surface area contributed by atoms with Gasteiger partial charge in [-0.15, -0.1) is 11.3 Å². The third-order valence-electron chi connectivity index (χ3n) is 3.40. The summed E-state index contributed by atoms with van der Waals surface area (Å²) in [4.78, 5) is 10.9. The lowest BCUT2D eigenvalue weighted by Gasteiger charge is -2.19. The number of fused-ring (bicyclic) bond motifs is 1. The van der Waals surface area contributed by atoms with Crippen LogP contribution in [0, 0.1) is 5.92 Å². The van der Waals surface area contributed by atoms with E-state index in [0.717, 1.165) is 41.7 Å². The number of likely N-dealkylation sites (N-methyl/N-ethyl adjacent to an activating group) is 1. The second kappa shape index (κ2) is 5.90. The molecule has 1 aliphatic rings. The molecule has 2 aromatic heterocycles. The Morgan fingerprint density at radius 2 is 2.35 bits per heavy atom.